The maximum atomic E-state index is 13.2. The predicted octanol–water partition coefficient (Wildman–Crippen LogP) is 5.19. The molecule has 0 atom stereocenters. The third-order valence-electron chi connectivity index (χ3n) is 3.52. The molecule has 0 saturated heterocycles. The van der Waals surface area contributed by atoms with E-state index < -0.39 is 36.1 Å². The lowest BCUT2D eigenvalue weighted by Gasteiger charge is -2.12. The molecule has 2 rings (SSSR count). The highest BCUT2D eigenvalue weighted by Crippen LogP contribution is 2.39. The molecule has 0 N–H and O–H groups in total. The molecule has 0 saturated carbocycles. The molecule has 2 heterocycles. The summed E-state index contributed by atoms with van der Waals surface area (Å²) in [5.41, 5.74) is -0.769. The average Bonchev–Trinajstić information content (AvgIpc) is 2.86. The van der Waals surface area contributed by atoms with E-state index in [0.29, 0.717) is 9.71 Å². The molecule has 0 aliphatic heterocycles. The summed E-state index contributed by atoms with van der Waals surface area (Å²) < 4.78 is 82.2. The van der Waals surface area contributed by atoms with Crippen LogP contribution < -0.4 is 4.74 Å². The summed E-state index contributed by atoms with van der Waals surface area (Å²) in [5, 5.41) is 3.76. The summed E-state index contributed by atoms with van der Waals surface area (Å²) in [7, 11) is 1.10. The van der Waals surface area contributed by atoms with E-state index in [4.69, 9.17) is 0 Å². The van der Waals surface area contributed by atoms with Crippen molar-refractivity contribution in [2.24, 2.45) is 7.05 Å². The van der Waals surface area contributed by atoms with Crippen molar-refractivity contribution in [1.82, 2.24) is 14.8 Å². The first-order chi connectivity index (χ1) is 12.4. The molecule has 0 aliphatic rings. The van der Waals surface area contributed by atoms with Crippen LogP contribution in [0, 0.1) is 0 Å². The van der Waals surface area contributed by atoms with Crippen LogP contribution in [0.5, 0.6) is 5.88 Å². The van der Waals surface area contributed by atoms with Crippen molar-refractivity contribution in [3.05, 3.63) is 35.2 Å². The number of aromatic nitrogens is 3. The molecule has 2 aromatic rings. The van der Waals surface area contributed by atoms with Gasteiger partial charge >= 0.3 is 12.4 Å². The first-order valence-electron chi connectivity index (χ1n) is 7.80. The molecule has 0 unspecified atom stereocenters. The molecule has 2 aromatic heterocycles. The number of aryl methyl sites for hydroxylation is 1. The molecule has 11 heteroatoms. The van der Waals surface area contributed by atoms with Crippen molar-refractivity contribution >= 4 is 11.8 Å². The van der Waals surface area contributed by atoms with E-state index in [9.17, 15) is 26.3 Å². The SMILES string of the molecule is CC(C)c1ccnc(SCc2c(C(F)(F)F)nn(C)c2OCC(F)(F)F)c1. The van der Waals surface area contributed by atoms with E-state index in [1.807, 2.05) is 13.8 Å². The normalized spacial score (nSPS) is 12.7. The summed E-state index contributed by atoms with van der Waals surface area (Å²) in [6.07, 6.45) is -7.96. The highest BCUT2D eigenvalue weighted by Gasteiger charge is 2.40. The monoisotopic (exact) mass is 413 g/mol. The van der Waals surface area contributed by atoms with Gasteiger partial charge in [-0.1, -0.05) is 13.8 Å². The summed E-state index contributed by atoms with van der Waals surface area (Å²) in [6.45, 7) is 2.20. The van der Waals surface area contributed by atoms with Crippen LogP contribution >= 0.6 is 11.8 Å². The first-order valence-corrected chi connectivity index (χ1v) is 8.78. The van der Waals surface area contributed by atoms with Crippen LogP contribution in [-0.2, 0) is 19.0 Å². The smallest absolute Gasteiger partial charge is 0.435 e. The maximum Gasteiger partial charge on any atom is 0.435 e. The molecule has 150 valence electrons. The Balaban J connectivity index is 2.31. The van der Waals surface area contributed by atoms with Crippen molar-refractivity contribution in [2.75, 3.05) is 6.61 Å². The van der Waals surface area contributed by atoms with Crippen molar-refractivity contribution < 1.29 is 31.1 Å². The summed E-state index contributed by atoms with van der Waals surface area (Å²) in [4.78, 5) is 4.08. The fraction of sp³-hybridized carbons (Fsp3) is 0.500. The van der Waals surface area contributed by atoms with E-state index >= 15 is 0 Å². The van der Waals surface area contributed by atoms with Crippen LogP contribution in [0.2, 0.25) is 0 Å². The Morgan fingerprint density at radius 3 is 2.41 bits per heavy atom. The molecule has 0 amide bonds. The van der Waals surface area contributed by atoms with Gasteiger partial charge in [0.1, 0.15) is 0 Å². The van der Waals surface area contributed by atoms with Crippen LogP contribution in [0.1, 0.15) is 36.6 Å². The number of ether oxygens (including phenoxy) is 1. The number of thioether (sulfide) groups is 1. The largest absolute Gasteiger partial charge is 0.468 e. The zero-order chi connectivity index (χ0) is 20.4. The number of alkyl halides is 6. The third-order valence-corrected chi connectivity index (χ3v) is 4.47. The lowest BCUT2D eigenvalue weighted by Crippen LogP contribution is -2.20. The Morgan fingerprint density at radius 1 is 1.19 bits per heavy atom. The van der Waals surface area contributed by atoms with Crippen LogP contribution in [-0.4, -0.2) is 27.5 Å². The summed E-state index contributed by atoms with van der Waals surface area (Å²) in [6, 6.07) is 3.52. The average molecular weight is 413 g/mol. The molecular formula is C16H17F6N3OS. The quantitative estimate of drug-likeness (QED) is 0.483. The number of pyridine rings is 1. The number of rotatable bonds is 6. The van der Waals surface area contributed by atoms with Gasteiger partial charge < -0.3 is 4.74 Å². The number of hydrogen-bond acceptors (Lipinski definition) is 4. The number of hydrogen-bond donors (Lipinski definition) is 0. The molecule has 0 spiro atoms. The zero-order valence-corrected chi connectivity index (χ0v) is 15.5. The van der Waals surface area contributed by atoms with Crippen LogP contribution in [0.25, 0.3) is 0 Å². The zero-order valence-electron chi connectivity index (χ0n) is 14.6. The lowest BCUT2D eigenvalue weighted by atomic mass is 10.1. The second-order valence-electron chi connectivity index (χ2n) is 6.03. The molecule has 4 nitrogen and oxygen atoms in total. The molecule has 0 bridgehead atoms. The second-order valence-corrected chi connectivity index (χ2v) is 7.02. The van der Waals surface area contributed by atoms with Gasteiger partial charge in [-0.25, -0.2) is 9.67 Å². The molecular weight excluding hydrogens is 396 g/mol. The van der Waals surface area contributed by atoms with Gasteiger partial charge in [-0.3, -0.25) is 0 Å². The maximum absolute atomic E-state index is 13.2. The van der Waals surface area contributed by atoms with Gasteiger partial charge in [0.15, 0.2) is 12.3 Å². The predicted molar refractivity (Wildman–Crippen MR) is 87.6 cm³/mol. The lowest BCUT2D eigenvalue weighted by molar-refractivity contribution is -0.154. The summed E-state index contributed by atoms with van der Waals surface area (Å²) in [5.74, 6) is -0.654. The second kappa shape index (κ2) is 7.99. The van der Waals surface area contributed by atoms with Gasteiger partial charge in [0.25, 0.3) is 0 Å². The highest BCUT2D eigenvalue weighted by molar-refractivity contribution is 7.98. The third kappa shape index (κ3) is 5.78. The molecule has 0 fully saturated rings. The molecule has 0 aliphatic carbocycles. The van der Waals surface area contributed by atoms with E-state index in [1.165, 1.54) is 6.20 Å². The minimum absolute atomic E-state index is 0.196. The van der Waals surface area contributed by atoms with Gasteiger partial charge in [0, 0.05) is 19.0 Å². The fourth-order valence-electron chi connectivity index (χ4n) is 2.25. The molecule has 27 heavy (non-hydrogen) atoms. The molecule has 0 radical (unpaired) electrons. The van der Waals surface area contributed by atoms with Crippen molar-refractivity contribution in [3.8, 4) is 5.88 Å². The van der Waals surface area contributed by atoms with Crippen LogP contribution in [0.3, 0.4) is 0 Å². The van der Waals surface area contributed by atoms with Gasteiger partial charge in [-0.05, 0) is 23.6 Å². The topological polar surface area (TPSA) is 39.9 Å². The number of nitrogens with zero attached hydrogens (tertiary/aromatic N) is 3. The number of halogens is 6. The van der Waals surface area contributed by atoms with E-state index in [0.717, 1.165) is 24.4 Å². The van der Waals surface area contributed by atoms with Crippen molar-refractivity contribution in [1.29, 1.82) is 0 Å². The van der Waals surface area contributed by atoms with Crippen LogP contribution in [0.15, 0.2) is 23.4 Å². The Labute approximate surface area is 155 Å². The van der Waals surface area contributed by atoms with Crippen molar-refractivity contribution in [2.45, 2.75) is 42.9 Å². The Hall–Kier alpha value is -1.91. The minimum Gasteiger partial charge on any atom is -0.468 e. The van der Waals surface area contributed by atoms with Gasteiger partial charge in [0.05, 0.1) is 10.6 Å². The Kier molecular flexibility index (Phi) is 6.33. The van der Waals surface area contributed by atoms with Gasteiger partial charge in [-0.2, -0.15) is 31.4 Å². The van der Waals surface area contributed by atoms with E-state index in [-0.39, 0.29) is 11.7 Å². The first kappa shape index (κ1) is 21.4. The summed E-state index contributed by atoms with van der Waals surface area (Å²) >= 11 is 0.971. The fourth-order valence-corrected chi connectivity index (χ4v) is 3.16. The highest BCUT2D eigenvalue weighted by atomic mass is 32.2. The Morgan fingerprint density at radius 2 is 1.85 bits per heavy atom. The minimum atomic E-state index is -4.82. The van der Waals surface area contributed by atoms with Gasteiger partial charge in [-0.15, -0.1) is 11.8 Å². The molecule has 0 aromatic carbocycles. The van der Waals surface area contributed by atoms with E-state index in [2.05, 4.69) is 14.8 Å². The Bertz CT molecular complexity index is 785. The van der Waals surface area contributed by atoms with E-state index in [1.54, 1.807) is 12.1 Å². The standard InChI is InChI=1S/C16H17F6N3OS/c1-9(2)10-4-5-23-12(6-10)27-7-11-13(16(20,21)22)24-25(3)14(11)26-8-15(17,18)19/h4-6,9H,7-8H2,1-3H3. The van der Waals surface area contributed by atoms with Crippen LogP contribution in [0.4, 0.5) is 26.3 Å². The van der Waals surface area contributed by atoms with Gasteiger partial charge in [0.2, 0.25) is 5.88 Å². The van der Waals surface area contributed by atoms with Crippen molar-refractivity contribution in [3.63, 3.8) is 0 Å².